The molecular formula is C19H24FN3O2. The maximum atomic E-state index is 13.2. The first-order chi connectivity index (χ1) is 12.0. The lowest BCUT2D eigenvalue weighted by Crippen LogP contribution is -2.38. The van der Waals surface area contributed by atoms with Crippen LogP contribution in [0.5, 0.6) is 0 Å². The summed E-state index contributed by atoms with van der Waals surface area (Å²) in [5.41, 5.74) is 2.08. The number of nitrogens with zero attached hydrogens (tertiary/aromatic N) is 2. The topological polar surface area (TPSA) is 67.2 Å². The summed E-state index contributed by atoms with van der Waals surface area (Å²) in [4.78, 5) is 12.7. The summed E-state index contributed by atoms with van der Waals surface area (Å²) in [5, 5.41) is 17.0. The SMILES string of the molecule is CC(C)c1c(C(=O)NC2CCC(O)CC2)cnn1-c1ccc(F)cc1. The fraction of sp³-hybridized carbons (Fsp3) is 0.474. The fourth-order valence-electron chi connectivity index (χ4n) is 3.36. The molecule has 134 valence electrons. The van der Waals surface area contributed by atoms with Crippen LogP contribution < -0.4 is 5.32 Å². The van der Waals surface area contributed by atoms with Crippen LogP contribution >= 0.6 is 0 Å². The van der Waals surface area contributed by atoms with E-state index in [4.69, 9.17) is 0 Å². The zero-order valence-corrected chi connectivity index (χ0v) is 14.6. The van der Waals surface area contributed by atoms with Crippen molar-refractivity contribution in [1.29, 1.82) is 0 Å². The number of halogens is 1. The van der Waals surface area contributed by atoms with Crippen LogP contribution in [0.25, 0.3) is 5.69 Å². The Bertz CT molecular complexity index is 732. The molecule has 1 aromatic heterocycles. The third-order valence-electron chi connectivity index (χ3n) is 4.70. The second-order valence-corrected chi connectivity index (χ2v) is 6.97. The molecule has 2 N–H and O–H groups in total. The molecule has 5 nitrogen and oxygen atoms in total. The molecule has 2 aromatic rings. The van der Waals surface area contributed by atoms with E-state index in [1.165, 1.54) is 12.1 Å². The molecule has 0 saturated heterocycles. The van der Waals surface area contributed by atoms with Crippen LogP contribution in [0.1, 0.15) is 61.5 Å². The van der Waals surface area contributed by atoms with E-state index in [2.05, 4.69) is 10.4 Å². The summed E-state index contributed by atoms with van der Waals surface area (Å²) in [7, 11) is 0. The van der Waals surface area contributed by atoms with Gasteiger partial charge in [-0.15, -0.1) is 0 Å². The Kier molecular flexibility index (Phi) is 5.18. The Labute approximate surface area is 146 Å². The number of amides is 1. The average Bonchev–Trinajstić information content (AvgIpc) is 3.03. The molecular weight excluding hydrogens is 321 g/mol. The van der Waals surface area contributed by atoms with E-state index in [1.54, 1.807) is 23.0 Å². The number of carbonyl (C=O) groups excluding carboxylic acids is 1. The van der Waals surface area contributed by atoms with Crippen LogP contribution in [0.15, 0.2) is 30.5 Å². The van der Waals surface area contributed by atoms with E-state index < -0.39 is 0 Å². The van der Waals surface area contributed by atoms with Gasteiger partial charge in [0.05, 0.1) is 29.2 Å². The number of carbonyl (C=O) groups is 1. The van der Waals surface area contributed by atoms with Crippen molar-refractivity contribution >= 4 is 5.91 Å². The van der Waals surface area contributed by atoms with Crippen LogP contribution in [-0.2, 0) is 0 Å². The first kappa shape index (κ1) is 17.6. The zero-order chi connectivity index (χ0) is 18.0. The molecule has 0 unspecified atom stereocenters. The Morgan fingerprint density at radius 2 is 1.88 bits per heavy atom. The quantitative estimate of drug-likeness (QED) is 0.894. The molecule has 1 aliphatic carbocycles. The number of aliphatic hydroxyl groups is 1. The maximum absolute atomic E-state index is 13.2. The summed E-state index contributed by atoms with van der Waals surface area (Å²) in [5.74, 6) is -0.362. The van der Waals surface area contributed by atoms with Crippen molar-refractivity contribution in [3.63, 3.8) is 0 Å². The average molecular weight is 345 g/mol. The normalized spacial score (nSPS) is 20.7. The molecule has 3 rings (SSSR count). The Hall–Kier alpha value is -2.21. The molecule has 0 bridgehead atoms. The summed E-state index contributed by atoms with van der Waals surface area (Å²) in [6.45, 7) is 4.01. The Morgan fingerprint density at radius 1 is 1.24 bits per heavy atom. The van der Waals surface area contributed by atoms with Gasteiger partial charge < -0.3 is 10.4 Å². The molecule has 1 fully saturated rings. The predicted octanol–water partition coefficient (Wildman–Crippen LogP) is 3.17. The van der Waals surface area contributed by atoms with E-state index in [1.807, 2.05) is 13.8 Å². The summed E-state index contributed by atoms with van der Waals surface area (Å²) < 4.78 is 14.9. The summed E-state index contributed by atoms with van der Waals surface area (Å²) >= 11 is 0. The first-order valence-corrected chi connectivity index (χ1v) is 8.78. The van der Waals surface area contributed by atoms with Crippen molar-refractivity contribution in [3.05, 3.63) is 47.5 Å². The number of nitrogens with one attached hydrogen (secondary N) is 1. The summed E-state index contributed by atoms with van der Waals surface area (Å²) in [6.07, 6.45) is 4.34. The van der Waals surface area contributed by atoms with Gasteiger partial charge in [0.1, 0.15) is 5.82 Å². The van der Waals surface area contributed by atoms with E-state index in [-0.39, 0.29) is 29.8 Å². The number of hydrogen-bond acceptors (Lipinski definition) is 3. The zero-order valence-electron chi connectivity index (χ0n) is 14.6. The molecule has 1 heterocycles. The lowest BCUT2D eigenvalue weighted by Gasteiger charge is -2.26. The van der Waals surface area contributed by atoms with Crippen molar-refractivity contribution in [2.24, 2.45) is 0 Å². The largest absolute Gasteiger partial charge is 0.393 e. The number of benzene rings is 1. The molecule has 6 heteroatoms. The Morgan fingerprint density at radius 3 is 2.48 bits per heavy atom. The number of rotatable bonds is 4. The van der Waals surface area contributed by atoms with Crippen molar-refractivity contribution in [1.82, 2.24) is 15.1 Å². The molecule has 1 saturated carbocycles. The van der Waals surface area contributed by atoms with Crippen molar-refractivity contribution in [2.45, 2.75) is 57.6 Å². The molecule has 1 amide bonds. The van der Waals surface area contributed by atoms with Crippen LogP contribution in [-0.4, -0.2) is 32.9 Å². The molecule has 1 aromatic carbocycles. The minimum atomic E-state index is -0.306. The third kappa shape index (κ3) is 3.90. The minimum absolute atomic E-state index is 0.0847. The van der Waals surface area contributed by atoms with E-state index in [9.17, 15) is 14.3 Å². The fourth-order valence-corrected chi connectivity index (χ4v) is 3.36. The second kappa shape index (κ2) is 7.35. The predicted molar refractivity (Wildman–Crippen MR) is 93.3 cm³/mol. The van der Waals surface area contributed by atoms with Crippen molar-refractivity contribution in [2.75, 3.05) is 0 Å². The van der Waals surface area contributed by atoms with Gasteiger partial charge in [0, 0.05) is 6.04 Å². The number of hydrogen-bond donors (Lipinski definition) is 2. The van der Waals surface area contributed by atoms with Gasteiger partial charge in [0.15, 0.2) is 0 Å². The highest BCUT2D eigenvalue weighted by atomic mass is 19.1. The van der Waals surface area contributed by atoms with E-state index in [0.29, 0.717) is 5.56 Å². The highest BCUT2D eigenvalue weighted by Crippen LogP contribution is 2.24. The highest BCUT2D eigenvalue weighted by molar-refractivity contribution is 5.95. The van der Waals surface area contributed by atoms with Gasteiger partial charge >= 0.3 is 0 Å². The molecule has 0 radical (unpaired) electrons. The number of aliphatic hydroxyl groups excluding tert-OH is 1. The molecule has 0 spiro atoms. The van der Waals surface area contributed by atoms with Gasteiger partial charge in [-0.2, -0.15) is 5.10 Å². The second-order valence-electron chi connectivity index (χ2n) is 6.97. The van der Waals surface area contributed by atoms with Gasteiger partial charge in [-0.25, -0.2) is 9.07 Å². The first-order valence-electron chi connectivity index (χ1n) is 8.78. The van der Waals surface area contributed by atoms with Gasteiger partial charge in [-0.1, -0.05) is 13.8 Å². The van der Waals surface area contributed by atoms with Crippen LogP contribution in [0.4, 0.5) is 4.39 Å². The minimum Gasteiger partial charge on any atom is -0.393 e. The van der Waals surface area contributed by atoms with Crippen LogP contribution in [0.3, 0.4) is 0 Å². The smallest absolute Gasteiger partial charge is 0.255 e. The van der Waals surface area contributed by atoms with Crippen LogP contribution in [0, 0.1) is 5.82 Å². The Balaban J connectivity index is 1.84. The standard InChI is InChI=1S/C19H24FN3O2/c1-12(2)18-17(19(25)22-14-5-9-16(24)10-6-14)11-21-23(18)15-7-3-13(20)4-8-15/h3-4,7-8,11-12,14,16,24H,5-6,9-10H2,1-2H3,(H,22,25). The molecule has 25 heavy (non-hydrogen) atoms. The molecule has 0 atom stereocenters. The molecule has 0 aliphatic heterocycles. The lowest BCUT2D eigenvalue weighted by atomic mass is 9.93. The highest BCUT2D eigenvalue weighted by Gasteiger charge is 2.25. The number of aromatic nitrogens is 2. The van der Waals surface area contributed by atoms with E-state index >= 15 is 0 Å². The molecule has 1 aliphatic rings. The maximum Gasteiger partial charge on any atom is 0.255 e. The van der Waals surface area contributed by atoms with Gasteiger partial charge in [0.2, 0.25) is 0 Å². The lowest BCUT2D eigenvalue weighted by molar-refractivity contribution is 0.0866. The van der Waals surface area contributed by atoms with E-state index in [0.717, 1.165) is 37.1 Å². The van der Waals surface area contributed by atoms with Gasteiger partial charge in [-0.05, 0) is 55.9 Å². The van der Waals surface area contributed by atoms with Crippen LogP contribution in [0.2, 0.25) is 0 Å². The summed E-state index contributed by atoms with van der Waals surface area (Å²) in [6, 6.07) is 6.16. The van der Waals surface area contributed by atoms with Gasteiger partial charge in [0.25, 0.3) is 5.91 Å². The van der Waals surface area contributed by atoms with Crippen molar-refractivity contribution in [3.8, 4) is 5.69 Å². The van der Waals surface area contributed by atoms with Crippen molar-refractivity contribution < 1.29 is 14.3 Å². The van der Waals surface area contributed by atoms with Gasteiger partial charge in [-0.3, -0.25) is 4.79 Å². The monoisotopic (exact) mass is 345 g/mol. The third-order valence-corrected chi connectivity index (χ3v) is 4.70.